The van der Waals surface area contributed by atoms with E-state index in [1.165, 1.54) is 0 Å². The van der Waals surface area contributed by atoms with E-state index >= 15 is 0 Å². The molecular weight excluding hydrogens is 304 g/mol. The maximum atomic E-state index is 12.1. The zero-order valence-corrected chi connectivity index (χ0v) is 13.5. The van der Waals surface area contributed by atoms with E-state index in [0.29, 0.717) is 12.8 Å². The molecule has 0 aromatic heterocycles. The van der Waals surface area contributed by atoms with Crippen LogP contribution in [0.1, 0.15) is 32.1 Å². The minimum Gasteiger partial charge on any atom is -0.389 e. The van der Waals surface area contributed by atoms with Gasteiger partial charge in [0.15, 0.2) is 0 Å². The van der Waals surface area contributed by atoms with E-state index < -0.39 is 5.60 Å². The third-order valence-electron chi connectivity index (χ3n) is 4.53. The number of hydrogen-bond acceptors (Lipinski definition) is 3. The lowest BCUT2D eigenvalue weighted by Gasteiger charge is -2.21. The van der Waals surface area contributed by atoms with E-state index in [1.54, 1.807) is 0 Å². The highest BCUT2D eigenvalue weighted by molar-refractivity contribution is 6.03. The van der Waals surface area contributed by atoms with Crippen molar-refractivity contribution in [1.82, 2.24) is 5.32 Å². The van der Waals surface area contributed by atoms with Gasteiger partial charge in [0.1, 0.15) is 0 Å². The molecule has 24 heavy (non-hydrogen) atoms. The molecule has 2 amide bonds. The number of carbonyl (C=O) groups excluding carboxylic acids is 2. The molecule has 0 aliphatic heterocycles. The van der Waals surface area contributed by atoms with Gasteiger partial charge in [0.25, 0.3) is 0 Å². The van der Waals surface area contributed by atoms with E-state index in [0.717, 1.165) is 29.3 Å². The number of carbonyl (C=O) groups is 2. The maximum Gasteiger partial charge on any atom is 0.243 e. The summed E-state index contributed by atoms with van der Waals surface area (Å²) in [5, 5.41) is 17.6. The molecule has 0 atom stereocenters. The Hall–Kier alpha value is -2.40. The normalized spacial score (nSPS) is 16.0. The van der Waals surface area contributed by atoms with Crippen molar-refractivity contribution < 1.29 is 14.7 Å². The van der Waals surface area contributed by atoms with Crippen LogP contribution >= 0.6 is 0 Å². The summed E-state index contributed by atoms with van der Waals surface area (Å²) in [6.07, 6.45) is 3.27. The summed E-state index contributed by atoms with van der Waals surface area (Å²) < 4.78 is 0. The Labute approximate surface area is 141 Å². The Morgan fingerprint density at radius 2 is 1.71 bits per heavy atom. The van der Waals surface area contributed by atoms with Gasteiger partial charge >= 0.3 is 0 Å². The fourth-order valence-electron chi connectivity index (χ4n) is 3.28. The number of aliphatic hydroxyl groups is 1. The number of fused-ring (bicyclic) bond motifs is 1. The topological polar surface area (TPSA) is 78.4 Å². The van der Waals surface area contributed by atoms with Crippen LogP contribution in [0.15, 0.2) is 42.5 Å². The van der Waals surface area contributed by atoms with Crippen molar-refractivity contribution in [3.8, 4) is 0 Å². The SMILES string of the molecule is O=C(CC1(O)CCCC1)NCC(=O)Nc1cccc2ccccc12. The first-order chi connectivity index (χ1) is 11.6. The van der Waals surface area contributed by atoms with Crippen molar-refractivity contribution >= 4 is 28.3 Å². The van der Waals surface area contributed by atoms with Gasteiger partial charge in [-0.15, -0.1) is 0 Å². The molecule has 5 nitrogen and oxygen atoms in total. The van der Waals surface area contributed by atoms with Crippen LogP contribution in [0, 0.1) is 0 Å². The van der Waals surface area contributed by atoms with Gasteiger partial charge in [0, 0.05) is 11.1 Å². The van der Waals surface area contributed by atoms with Gasteiger partial charge in [-0.25, -0.2) is 0 Å². The Morgan fingerprint density at radius 1 is 1.00 bits per heavy atom. The lowest BCUT2D eigenvalue weighted by atomic mass is 9.98. The lowest BCUT2D eigenvalue weighted by Crippen LogP contribution is -2.38. The van der Waals surface area contributed by atoms with Crippen molar-refractivity contribution in [2.45, 2.75) is 37.7 Å². The average molecular weight is 326 g/mol. The van der Waals surface area contributed by atoms with E-state index in [4.69, 9.17) is 0 Å². The zero-order valence-electron chi connectivity index (χ0n) is 13.5. The smallest absolute Gasteiger partial charge is 0.243 e. The van der Waals surface area contributed by atoms with Gasteiger partial charge in [0.2, 0.25) is 11.8 Å². The van der Waals surface area contributed by atoms with Gasteiger partial charge in [-0.3, -0.25) is 9.59 Å². The summed E-state index contributed by atoms with van der Waals surface area (Å²) in [6.45, 7) is -0.0991. The second-order valence-electron chi connectivity index (χ2n) is 6.46. The second-order valence-corrected chi connectivity index (χ2v) is 6.46. The monoisotopic (exact) mass is 326 g/mol. The number of nitrogens with one attached hydrogen (secondary N) is 2. The molecule has 1 saturated carbocycles. The molecule has 0 spiro atoms. The molecule has 126 valence electrons. The first-order valence-electron chi connectivity index (χ1n) is 8.32. The molecule has 0 heterocycles. The fourth-order valence-corrected chi connectivity index (χ4v) is 3.28. The summed E-state index contributed by atoms with van der Waals surface area (Å²) >= 11 is 0. The molecule has 1 aliphatic rings. The van der Waals surface area contributed by atoms with Crippen LogP contribution in [0.4, 0.5) is 5.69 Å². The van der Waals surface area contributed by atoms with Crippen LogP contribution in [0.3, 0.4) is 0 Å². The predicted octanol–water partition coefficient (Wildman–Crippen LogP) is 2.59. The van der Waals surface area contributed by atoms with E-state index in [2.05, 4.69) is 10.6 Å². The molecule has 1 aliphatic carbocycles. The van der Waals surface area contributed by atoms with E-state index in [9.17, 15) is 14.7 Å². The minimum absolute atomic E-state index is 0.0640. The molecule has 3 N–H and O–H groups in total. The number of rotatable bonds is 5. The van der Waals surface area contributed by atoms with Gasteiger partial charge in [-0.05, 0) is 24.3 Å². The highest BCUT2D eigenvalue weighted by atomic mass is 16.3. The first-order valence-corrected chi connectivity index (χ1v) is 8.32. The van der Waals surface area contributed by atoms with Crippen LogP contribution in [-0.2, 0) is 9.59 Å². The van der Waals surface area contributed by atoms with Gasteiger partial charge < -0.3 is 15.7 Å². The summed E-state index contributed by atoms with van der Waals surface area (Å²) in [5.41, 5.74) is -0.169. The molecule has 5 heteroatoms. The summed E-state index contributed by atoms with van der Waals surface area (Å²) in [7, 11) is 0. The maximum absolute atomic E-state index is 12.1. The van der Waals surface area contributed by atoms with Crippen molar-refractivity contribution in [3.63, 3.8) is 0 Å². The number of anilines is 1. The Bertz CT molecular complexity index is 746. The molecule has 2 aromatic rings. The third-order valence-corrected chi connectivity index (χ3v) is 4.53. The van der Waals surface area contributed by atoms with Crippen LogP contribution in [0.5, 0.6) is 0 Å². The summed E-state index contributed by atoms with van der Waals surface area (Å²) in [4.78, 5) is 24.0. The quantitative estimate of drug-likeness (QED) is 0.790. The van der Waals surface area contributed by atoms with Crippen molar-refractivity contribution in [2.24, 2.45) is 0 Å². The molecular formula is C19H22N2O3. The van der Waals surface area contributed by atoms with Crippen LogP contribution < -0.4 is 10.6 Å². The molecule has 0 bridgehead atoms. The molecule has 1 fully saturated rings. The largest absolute Gasteiger partial charge is 0.389 e. The average Bonchev–Trinajstić information content (AvgIpc) is 2.99. The molecule has 0 radical (unpaired) electrons. The molecule has 2 aromatic carbocycles. The van der Waals surface area contributed by atoms with Gasteiger partial charge in [-0.2, -0.15) is 0 Å². The summed E-state index contributed by atoms with van der Waals surface area (Å²) in [5.74, 6) is -0.564. The highest BCUT2D eigenvalue weighted by Crippen LogP contribution is 2.32. The van der Waals surface area contributed by atoms with Crippen LogP contribution in [0.25, 0.3) is 10.8 Å². The first kappa shape index (κ1) is 16.5. The van der Waals surface area contributed by atoms with Crippen molar-refractivity contribution in [1.29, 1.82) is 0 Å². The predicted molar refractivity (Wildman–Crippen MR) is 93.6 cm³/mol. The lowest BCUT2D eigenvalue weighted by molar-refractivity contribution is -0.128. The van der Waals surface area contributed by atoms with Gasteiger partial charge in [0.05, 0.1) is 18.6 Å². The van der Waals surface area contributed by atoms with Crippen molar-refractivity contribution in [2.75, 3.05) is 11.9 Å². The highest BCUT2D eigenvalue weighted by Gasteiger charge is 2.33. The van der Waals surface area contributed by atoms with E-state index in [-0.39, 0.29) is 24.8 Å². The van der Waals surface area contributed by atoms with Crippen LogP contribution in [-0.4, -0.2) is 29.1 Å². The Morgan fingerprint density at radius 3 is 2.50 bits per heavy atom. The fraction of sp³-hybridized carbons (Fsp3) is 0.368. The Kier molecular flexibility index (Phi) is 4.81. The number of hydrogen-bond donors (Lipinski definition) is 3. The van der Waals surface area contributed by atoms with Crippen LogP contribution in [0.2, 0.25) is 0 Å². The van der Waals surface area contributed by atoms with Gasteiger partial charge in [-0.1, -0.05) is 49.2 Å². The second kappa shape index (κ2) is 7.01. The number of benzene rings is 2. The molecule has 0 unspecified atom stereocenters. The van der Waals surface area contributed by atoms with E-state index in [1.807, 2.05) is 42.5 Å². The molecule has 3 rings (SSSR count). The minimum atomic E-state index is -0.893. The zero-order chi connectivity index (χ0) is 17.0. The molecule has 0 saturated heterocycles. The third kappa shape index (κ3) is 3.92. The number of amides is 2. The summed E-state index contributed by atoms with van der Waals surface area (Å²) in [6, 6.07) is 13.5. The van der Waals surface area contributed by atoms with Crippen molar-refractivity contribution in [3.05, 3.63) is 42.5 Å². The Balaban J connectivity index is 1.54. The standard InChI is InChI=1S/C19H22N2O3/c22-17(12-19(24)10-3-4-11-19)20-13-18(23)21-16-9-5-7-14-6-1-2-8-15(14)16/h1-2,5-9,24H,3-4,10-13H2,(H,20,22)(H,21,23).